The zero-order valence-corrected chi connectivity index (χ0v) is 15.9. The zero-order chi connectivity index (χ0) is 18.4. The molecule has 26 heavy (non-hydrogen) atoms. The lowest BCUT2D eigenvalue weighted by Gasteiger charge is -2.23. The van der Waals surface area contributed by atoms with Gasteiger partial charge in [0.15, 0.2) is 11.5 Å². The summed E-state index contributed by atoms with van der Waals surface area (Å²) in [7, 11) is 2.04. The largest absolute Gasteiger partial charge is 0.359 e. The maximum absolute atomic E-state index is 12.8. The number of nitrogens with zero attached hydrogens (tertiary/aromatic N) is 3. The summed E-state index contributed by atoms with van der Waals surface area (Å²) in [6, 6.07) is 12.5. The maximum atomic E-state index is 12.8. The highest BCUT2D eigenvalue weighted by atomic mass is 16.5. The lowest BCUT2D eigenvalue weighted by molar-refractivity contribution is 0.0718. The summed E-state index contributed by atoms with van der Waals surface area (Å²) in [5, 5.41) is 4.04. The number of likely N-dealkylation sites (tertiary alicyclic amines) is 1. The van der Waals surface area contributed by atoms with E-state index in [0.29, 0.717) is 18.3 Å². The normalized spacial score (nSPS) is 17.2. The topological polar surface area (TPSA) is 49.6 Å². The molecule has 0 spiro atoms. The lowest BCUT2D eigenvalue weighted by atomic mass is 10.1. The Balaban J connectivity index is 1.57. The molecule has 5 nitrogen and oxygen atoms in total. The second-order valence-corrected chi connectivity index (χ2v) is 7.27. The van der Waals surface area contributed by atoms with E-state index in [-0.39, 0.29) is 5.91 Å². The van der Waals surface area contributed by atoms with E-state index in [0.717, 1.165) is 38.1 Å². The summed E-state index contributed by atoms with van der Waals surface area (Å²) in [6.45, 7) is 4.49. The Kier molecular flexibility index (Phi) is 6.45. The molecule has 1 atom stereocenters. The van der Waals surface area contributed by atoms with Crippen LogP contribution in [0.15, 0.2) is 40.9 Å². The molecule has 0 N–H and O–H groups in total. The number of rotatable bonds is 8. The smallest absolute Gasteiger partial charge is 0.276 e. The Labute approximate surface area is 156 Å². The first-order valence-corrected chi connectivity index (χ1v) is 9.66. The van der Waals surface area contributed by atoms with Gasteiger partial charge in [-0.05, 0) is 31.9 Å². The van der Waals surface area contributed by atoms with Gasteiger partial charge in [-0.3, -0.25) is 9.69 Å². The van der Waals surface area contributed by atoms with E-state index < -0.39 is 0 Å². The molecule has 0 bridgehead atoms. The number of unbranched alkanes of at least 4 members (excludes halogenated alkanes) is 1. The van der Waals surface area contributed by atoms with Crippen LogP contribution in [0.3, 0.4) is 0 Å². The number of aromatic nitrogens is 1. The number of amides is 1. The number of benzene rings is 1. The van der Waals surface area contributed by atoms with Gasteiger partial charge in [-0.1, -0.05) is 55.3 Å². The molecule has 3 rings (SSSR count). The van der Waals surface area contributed by atoms with E-state index in [1.54, 1.807) is 6.07 Å². The molecule has 0 saturated carbocycles. The minimum absolute atomic E-state index is 0.0179. The van der Waals surface area contributed by atoms with Gasteiger partial charge in [0, 0.05) is 25.2 Å². The third kappa shape index (κ3) is 4.73. The molecule has 1 aliphatic rings. The second-order valence-electron chi connectivity index (χ2n) is 7.27. The SMILES string of the molecule is CCCC[C@H]1CCCN1C(=O)c1cc(CN(C)Cc2ccccc2)on1. The van der Waals surface area contributed by atoms with Gasteiger partial charge in [0.05, 0.1) is 6.54 Å². The van der Waals surface area contributed by atoms with Gasteiger partial charge in [0.1, 0.15) is 0 Å². The third-order valence-electron chi connectivity index (χ3n) is 5.03. The van der Waals surface area contributed by atoms with Gasteiger partial charge in [-0.2, -0.15) is 0 Å². The van der Waals surface area contributed by atoms with Gasteiger partial charge >= 0.3 is 0 Å². The van der Waals surface area contributed by atoms with Gasteiger partial charge < -0.3 is 9.42 Å². The highest BCUT2D eigenvalue weighted by Crippen LogP contribution is 2.24. The number of carbonyl (C=O) groups is 1. The summed E-state index contributed by atoms with van der Waals surface area (Å²) in [5.41, 5.74) is 1.69. The van der Waals surface area contributed by atoms with Crippen molar-refractivity contribution in [2.75, 3.05) is 13.6 Å². The Bertz CT molecular complexity index is 698. The van der Waals surface area contributed by atoms with Crippen LogP contribution in [0.5, 0.6) is 0 Å². The summed E-state index contributed by atoms with van der Waals surface area (Å²) < 4.78 is 5.43. The minimum atomic E-state index is 0.0179. The van der Waals surface area contributed by atoms with Crippen molar-refractivity contribution in [1.29, 1.82) is 0 Å². The van der Waals surface area contributed by atoms with E-state index >= 15 is 0 Å². The molecule has 140 valence electrons. The molecule has 1 aliphatic heterocycles. The van der Waals surface area contributed by atoms with E-state index in [1.807, 2.05) is 30.1 Å². The average Bonchev–Trinajstić information content (AvgIpc) is 3.29. The van der Waals surface area contributed by atoms with Crippen molar-refractivity contribution >= 4 is 5.91 Å². The quantitative estimate of drug-likeness (QED) is 0.715. The summed E-state index contributed by atoms with van der Waals surface area (Å²) >= 11 is 0. The number of hydrogen-bond donors (Lipinski definition) is 0. The number of hydrogen-bond acceptors (Lipinski definition) is 4. The van der Waals surface area contributed by atoms with Crippen LogP contribution in [-0.4, -0.2) is 40.5 Å². The second kappa shape index (κ2) is 8.99. The fourth-order valence-corrected chi connectivity index (χ4v) is 3.70. The minimum Gasteiger partial charge on any atom is -0.359 e. The van der Waals surface area contributed by atoms with Crippen LogP contribution in [0.2, 0.25) is 0 Å². The van der Waals surface area contributed by atoms with Crippen LogP contribution in [0.25, 0.3) is 0 Å². The van der Waals surface area contributed by atoms with Crippen molar-refractivity contribution in [2.24, 2.45) is 0 Å². The first-order chi connectivity index (χ1) is 12.7. The van der Waals surface area contributed by atoms with Crippen LogP contribution in [-0.2, 0) is 13.1 Å². The Morgan fingerprint density at radius 1 is 1.31 bits per heavy atom. The van der Waals surface area contributed by atoms with Gasteiger partial charge in [0.2, 0.25) is 0 Å². The molecule has 1 aromatic carbocycles. The maximum Gasteiger partial charge on any atom is 0.276 e. The molecule has 0 unspecified atom stereocenters. The molecular formula is C21H29N3O2. The molecule has 0 radical (unpaired) electrons. The number of carbonyl (C=O) groups excluding carboxylic acids is 1. The van der Waals surface area contributed by atoms with Crippen LogP contribution in [0, 0.1) is 0 Å². The van der Waals surface area contributed by atoms with E-state index in [9.17, 15) is 4.79 Å². The third-order valence-corrected chi connectivity index (χ3v) is 5.03. The standard InChI is InChI=1S/C21H29N3O2/c1-3-4-11-18-12-8-13-24(18)21(25)20-14-19(26-22-20)16-23(2)15-17-9-6-5-7-10-17/h5-7,9-10,14,18H,3-4,8,11-13,15-16H2,1-2H3/t18-/m0/s1. The fourth-order valence-electron chi connectivity index (χ4n) is 3.70. The van der Waals surface area contributed by atoms with Crippen molar-refractivity contribution < 1.29 is 9.32 Å². The highest BCUT2D eigenvalue weighted by molar-refractivity contribution is 5.92. The molecule has 1 saturated heterocycles. The molecule has 1 amide bonds. The lowest BCUT2D eigenvalue weighted by Crippen LogP contribution is -2.35. The van der Waals surface area contributed by atoms with Crippen LogP contribution in [0.1, 0.15) is 60.8 Å². The van der Waals surface area contributed by atoms with Crippen molar-refractivity contribution in [3.8, 4) is 0 Å². The summed E-state index contributed by atoms with van der Waals surface area (Å²) in [5.74, 6) is 0.750. The fraction of sp³-hybridized carbons (Fsp3) is 0.524. The van der Waals surface area contributed by atoms with E-state index in [2.05, 4.69) is 29.1 Å². The molecular weight excluding hydrogens is 326 g/mol. The summed E-state index contributed by atoms with van der Waals surface area (Å²) in [4.78, 5) is 16.9. The molecule has 1 fully saturated rings. The van der Waals surface area contributed by atoms with E-state index in [4.69, 9.17) is 4.52 Å². The molecule has 0 aliphatic carbocycles. The Morgan fingerprint density at radius 2 is 2.12 bits per heavy atom. The zero-order valence-electron chi connectivity index (χ0n) is 15.9. The monoisotopic (exact) mass is 355 g/mol. The van der Waals surface area contributed by atoms with Crippen LogP contribution >= 0.6 is 0 Å². The summed E-state index contributed by atoms with van der Waals surface area (Å²) in [6.07, 6.45) is 5.62. The van der Waals surface area contributed by atoms with Crippen LogP contribution in [0.4, 0.5) is 0 Å². The Hall–Kier alpha value is -2.14. The average molecular weight is 355 g/mol. The van der Waals surface area contributed by atoms with Gasteiger partial charge in [-0.25, -0.2) is 0 Å². The Morgan fingerprint density at radius 3 is 2.88 bits per heavy atom. The highest BCUT2D eigenvalue weighted by Gasteiger charge is 2.30. The molecule has 1 aromatic heterocycles. The van der Waals surface area contributed by atoms with Crippen molar-refractivity contribution in [1.82, 2.24) is 15.0 Å². The van der Waals surface area contributed by atoms with Crippen molar-refractivity contribution in [2.45, 2.75) is 58.2 Å². The van der Waals surface area contributed by atoms with Crippen molar-refractivity contribution in [3.05, 3.63) is 53.4 Å². The predicted octanol–water partition coefficient (Wildman–Crippen LogP) is 4.10. The van der Waals surface area contributed by atoms with E-state index in [1.165, 1.54) is 18.4 Å². The first kappa shape index (κ1) is 18.6. The van der Waals surface area contributed by atoms with Crippen molar-refractivity contribution in [3.63, 3.8) is 0 Å². The predicted molar refractivity (Wildman–Crippen MR) is 102 cm³/mol. The van der Waals surface area contributed by atoms with Crippen LogP contribution < -0.4 is 0 Å². The van der Waals surface area contributed by atoms with Gasteiger partial charge in [-0.15, -0.1) is 0 Å². The van der Waals surface area contributed by atoms with Gasteiger partial charge in [0.25, 0.3) is 5.91 Å². The first-order valence-electron chi connectivity index (χ1n) is 9.66. The molecule has 5 heteroatoms. The molecule has 2 aromatic rings. The molecule has 2 heterocycles.